The van der Waals surface area contributed by atoms with Gasteiger partial charge < -0.3 is 4.74 Å². The third kappa shape index (κ3) is 4.42. The molecule has 0 N–H and O–H groups in total. The van der Waals surface area contributed by atoms with E-state index in [0.717, 1.165) is 38.3 Å². The zero-order valence-electron chi connectivity index (χ0n) is 28.4. The van der Waals surface area contributed by atoms with E-state index in [1.54, 1.807) is 13.0 Å². The number of ether oxygens (including phenoxy) is 1. The normalized spacial score (nSPS) is 23.6. The highest BCUT2D eigenvalue weighted by atomic mass is 35.5. The van der Waals surface area contributed by atoms with E-state index in [1.165, 1.54) is 12.1 Å². The van der Waals surface area contributed by atoms with Gasteiger partial charge in [-0.25, -0.2) is 9.69 Å². The minimum absolute atomic E-state index is 0.0436. The Kier molecular flexibility index (Phi) is 7.69. The van der Waals surface area contributed by atoms with Gasteiger partial charge in [0.2, 0.25) is 11.8 Å². The Morgan fingerprint density at radius 3 is 1.55 bits per heavy atom. The number of amides is 2. The van der Waals surface area contributed by atoms with Gasteiger partial charge >= 0.3 is 5.97 Å². The second-order valence-electron chi connectivity index (χ2n) is 13.5. The maximum absolute atomic E-state index is 16.1. The number of imide groups is 1. The average molecular weight is 692 g/mol. The predicted molar refractivity (Wildman–Crippen MR) is 197 cm³/mol. The number of allylic oxidation sites excluding steroid dienone is 2. The molecule has 51 heavy (non-hydrogen) atoms. The van der Waals surface area contributed by atoms with Gasteiger partial charge in [-0.2, -0.15) is 0 Å². The topological polar surface area (TPSA) is 80.8 Å². The number of hydrogen-bond donors (Lipinski definition) is 0. The van der Waals surface area contributed by atoms with E-state index in [4.69, 9.17) is 16.3 Å². The summed E-state index contributed by atoms with van der Waals surface area (Å²) in [5.41, 5.74) is 3.61. The molecule has 3 aliphatic rings. The second kappa shape index (κ2) is 12.0. The number of halogens is 1. The summed E-state index contributed by atoms with van der Waals surface area (Å²) in [5.74, 6) is -4.06. The monoisotopic (exact) mass is 691 g/mol. The van der Waals surface area contributed by atoms with Gasteiger partial charge in [0.05, 0.1) is 45.5 Å². The van der Waals surface area contributed by atoms with Crippen LogP contribution in [0.5, 0.6) is 0 Å². The molecule has 0 aromatic heterocycles. The molecule has 4 atom stereocenters. The molecule has 7 heteroatoms. The molecule has 0 spiro atoms. The molecule has 0 radical (unpaired) electrons. The second-order valence-corrected chi connectivity index (χ2v) is 13.9. The van der Waals surface area contributed by atoms with Gasteiger partial charge in [0.15, 0.2) is 5.78 Å². The minimum Gasteiger partial charge on any atom is -0.462 e. The number of benzene rings is 5. The minimum atomic E-state index is -1.53. The number of ketones is 1. The van der Waals surface area contributed by atoms with Gasteiger partial charge in [0.25, 0.3) is 0 Å². The molecule has 1 heterocycles. The van der Waals surface area contributed by atoms with Crippen LogP contribution in [0.3, 0.4) is 0 Å². The number of anilines is 1. The van der Waals surface area contributed by atoms with Crippen LogP contribution < -0.4 is 4.90 Å². The van der Waals surface area contributed by atoms with Crippen LogP contribution in [-0.2, 0) is 30.0 Å². The highest BCUT2D eigenvalue weighted by Crippen LogP contribution is 2.74. The number of aryl methyl sites for hydroxylation is 2. The van der Waals surface area contributed by atoms with Gasteiger partial charge in [-0.05, 0) is 72.4 Å². The molecular formula is C44H34ClNO5. The first kappa shape index (κ1) is 32.6. The molecule has 2 fully saturated rings. The van der Waals surface area contributed by atoms with E-state index in [2.05, 4.69) is 0 Å². The summed E-state index contributed by atoms with van der Waals surface area (Å²) in [5, 5.41) is 0.137. The van der Waals surface area contributed by atoms with Crippen molar-refractivity contribution in [1.82, 2.24) is 0 Å². The fourth-order valence-corrected chi connectivity index (χ4v) is 9.03. The van der Waals surface area contributed by atoms with Crippen molar-refractivity contribution in [1.29, 1.82) is 0 Å². The molecule has 6 nitrogen and oxygen atoms in total. The molecular weight excluding hydrogens is 658 g/mol. The van der Waals surface area contributed by atoms with Crippen LogP contribution in [0.1, 0.15) is 50.7 Å². The largest absolute Gasteiger partial charge is 0.462 e. The highest BCUT2D eigenvalue weighted by molar-refractivity contribution is 6.39. The van der Waals surface area contributed by atoms with E-state index < -0.39 is 40.4 Å². The first-order chi connectivity index (χ1) is 24.7. The summed E-state index contributed by atoms with van der Waals surface area (Å²) < 4.78 is 5.24. The van der Waals surface area contributed by atoms with Crippen molar-refractivity contribution in [3.63, 3.8) is 0 Å². The molecule has 252 valence electrons. The maximum atomic E-state index is 16.1. The molecule has 1 saturated heterocycles. The number of Topliss-reactive ketones (excluding diaryl/α,β-unsaturated/α-hetero) is 1. The number of carbonyl (C=O) groups excluding carboxylic acids is 4. The van der Waals surface area contributed by atoms with Crippen molar-refractivity contribution in [3.8, 4) is 0 Å². The average Bonchev–Trinajstić information content (AvgIpc) is 3.65. The fraction of sp³-hybridized carbons (Fsp3) is 0.182. The Morgan fingerprint density at radius 1 is 0.667 bits per heavy atom. The van der Waals surface area contributed by atoms with E-state index in [1.807, 2.05) is 123 Å². The lowest BCUT2D eigenvalue weighted by Gasteiger charge is -2.39. The molecule has 5 aromatic carbocycles. The Morgan fingerprint density at radius 2 is 1.12 bits per heavy atom. The van der Waals surface area contributed by atoms with Crippen LogP contribution in [0.4, 0.5) is 5.69 Å². The molecule has 2 aliphatic carbocycles. The first-order valence-electron chi connectivity index (χ1n) is 17.1. The summed E-state index contributed by atoms with van der Waals surface area (Å²) in [6, 6.07) is 39.4. The Balaban J connectivity index is 1.50. The number of fused-ring (bicyclic) bond motifs is 5. The highest BCUT2D eigenvalue weighted by Gasteiger charge is 2.82. The summed E-state index contributed by atoms with van der Waals surface area (Å²) in [4.78, 5) is 60.7. The molecule has 1 saturated carbocycles. The maximum Gasteiger partial charge on any atom is 0.339 e. The van der Waals surface area contributed by atoms with Gasteiger partial charge in [-0.1, -0.05) is 132 Å². The van der Waals surface area contributed by atoms with Gasteiger partial charge in [-0.15, -0.1) is 0 Å². The Hall–Kier alpha value is -5.59. The van der Waals surface area contributed by atoms with Crippen molar-refractivity contribution in [2.45, 2.75) is 31.6 Å². The standard InChI is InChI=1S/C44H34ClNO5/c1-4-51-41(49)33-25-32(23-24-34(33)45)46-39(47)37-38(40(46)48)44(31-13-9-6-10-14-31)36(29-21-17-27(3)18-22-29)35(28-19-15-26(2)16-20-28)43(37,42(44)50)30-11-7-5-8-12-30/h5-25,37-38H,4H2,1-3H3/t37-,38-,43+,44+/m1/s1. The van der Waals surface area contributed by atoms with Crippen LogP contribution in [0.15, 0.2) is 127 Å². The third-order valence-electron chi connectivity index (χ3n) is 10.8. The molecule has 8 rings (SSSR count). The number of hydrogen-bond acceptors (Lipinski definition) is 5. The smallest absolute Gasteiger partial charge is 0.339 e. The quantitative estimate of drug-likeness (QED) is 0.127. The number of rotatable bonds is 7. The zero-order valence-corrected chi connectivity index (χ0v) is 29.1. The molecule has 5 aromatic rings. The van der Waals surface area contributed by atoms with Crippen molar-refractivity contribution in [3.05, 3.63) is 171 Å². The van der Waals surface area contributed by atoms with Gasteiger partial charge in [-0.3, -0.25) is 14.4 Å². The summed E-state index contributed by atoms with van der Waals surface area (Å²) in [6.07, 6.45) is 0. The van der Waals surface area contributed by atoms with E-state index >= 15 is 14.4 Å². The fourth-order valence-electron chi connectivity index (χ4n) is 8.84. The van der Waals surface area contributed by atoms with Crippen LogP contribution in [-0.4, -0.2) is 30.2 Å². The zero-order chi connectivity index (χ0) is 35.7. The van der Waals surface area contributed by atoms with Crippen LogP contribution >= 0.6 is 11.6 Å². The molecule has 0 unspecified atom stereocenters. The van der Waals surface area contributed by atoms with Crippen molar-refractivity contribution >= 4 is 52.0 Å². The molecule has 1 aliphatic heterocycles. The van der Waals surface area contributed by atoms with E-state index in [9.17, 15) is 4.79 Å². The molecule has 2 bridgehead atoms. The lowest BCUT2D eigenvalue weighted by atomic mass is 9.59. The van der Waals surface area contributed by atoms with Crippen molar-refractivity contribution in [2.24, 2.45) is 11.8 Å². The molecule has 2 amide bonds. The lowest BCUT2D eigenvalue weighted by molar-refractivity contribution is -0.130. The first-order valence-corrected chi connectivity index (χ1v) is 17.4. The predicted octanol–water partition coefficient (Wildman–Crippen LogP) is 8.32. The van der Waals surface area contributed by atoms with Crippen LogP contribution in [0.25, 0.3) is 11.1 Å². The number of carbonyl (C=O) groups is 4. The summed E-state index contributed by atoms with van der Waals surface area (Å²) >= 11 is 6.44. The Bertz CT molecular complexity index is 2150. The summed E-state index contributed by atoms with van der Waals surface area (Å²) in [6.45, 7) is 5.83. The summed E-state index contributed by atoms with van der Waals surface area (Å²) in [7, 11) is 0. The SMILES string of the molecule is CCOC(=O)c1cc(N2C(=O)[C@H]3[C@H](C2=O)[C@@]2(c4ccccc4)C(=O)[C@@]3(c3ccccc3)C(c3ccc(C)cc3)=C2c2ccc(C)cc2)ccc1Cl. The third-order valence-corrected chi connectivity index (χ3v) is 11.2. The van der Waals surface area contributed by atoms with Crippen LogP contribution in [0, 0.1) is 25.7 Å². The number of nitrogens with zero attached hydrogens (tertiary/aromatic N) is 1. The van der Waals surface area contributed by atoms with Crippen LogP contribution in [0.2, 0.25) is 5.02 Å². The number of esters is 1. The lowest BCUT2D eigenvalue weighted by Crippen LogP contribution is -2.45. The van der Waals surface area contributed by atoms with Crippen molar-refractivity contribution in [2.75, 3.05) is 11.5 Å². The van der Waals surface area contributed by atoms with E-state index in [0.29, 0.717) is 11.1 Å². The van der Waals surface area contributed by atoms with Crippen molar-refractivity contribution < 1.29 is 23.9 Å². The van der Waals surface area contributed by atoms with Gasteiger partial charge in [0, 0.05) is 0 Å². The van der Waals surface area contributed by atoms with E-state index in [-0.39, 0.29) is 28.7 Å². The Labute approximate surface area is 301 Å². The van der Waals surface area contributed by atoms with Gasteiger partial charge in [0.1, 0.15) is 0 Å².